The number of aliphatic hydroxyl groups is 1. The number of nitrogens with zero attached hydrogens (tertiary/aromatic N) is 3. The van der Waals surface area contributed by atoms with Gasteiger partial charge in [-0.15, -0.1) is 0 Å². The van der Waals surface area contributed by atoms with Gasteiger partial charge in [0.2, 0.25) is 0 Å². The van der Waals surface area contributed by atoms with E-state index >= 15 is 0 Å². The fourth-order valence-corrected chi connectivity index (χ4v) is 11.2. The molecule has 8 aliphatic rings. The number of hydrogen-bond donors (Lipinski definition) is 5. The number of aromatic hydroxyl groups is 1. The lowest BCUT2D eigenvalue weighted by Gasteiger charge is -2.55. The van der Waals surface area contributed by atoms with Gasteiger partial charge in [-0.3, -0.25) is 14.6 Å². The fraction of sp³-hybridized carbons (Fsp3) is 0.756. The Balaban J connectivity index is 1.19. The second kappa shape index (κ2) is 15.4. The molecule has 1 aromatic rings. The van der Waals surface area contributed by atoms with Crippen molar-refractivity contribution in [3.63, 3.8) is 0 Å². The number of fused-ring (bicyclic) bond motifs is 9. The Morgan fingerprint density at radius 2 is 2.00 bits per heavy atom. The number of esters is 1. The fourth-order valence-electron chi connectivity index (χ4n) is 11.2. The van der Waals surface area contributed by atoms with Gasteiger partial charge in [0.25, 0.3) is 0 Å². The predicted octanol–water partition coefficient (Wildman–Crippen LogP) is 3.22. The molecule has 1 aliphatic carbocycles. The summed E-state index contributed by atoms with van der Waals surface area (Å²) in [6, 6.07) is 6.56. The molecule has 2 unspecified atom stereocenters. The van der Waals surface area contributed by atoms with E-state index in [1.165, 1.54) is 19.8 Å². The maximum Gasteiger partial charge on any atom is 0.302 e. The third-order valence-corrected chi connectivity index (χ3v) is 13.8. The highest BCUT2D eigenvalue weighted by Gasteiger charge is 2.48. The van der Waals surface area contributed by atoms with Crippen LogP contribution in [0.2, 0.25) is 0 Å². The van der Waals surface area contributed by atoms with Crippen LogP contribution < -0.4 is 21.1 Å². The van der Waals surface area contributed by atoms with Gasteiger partial charge < -0.3 is 36.1 Å². The van der Waals surface area contributed by atoms with E-state index in [-0.39, 0.29) is 29.7 Å². The van der Waals surface area contributed by atoms with Gasteiger partial charge >= 0.3 is 5.97 Å². The van der Waals surface area contributed by atoms with Crippen molar-refractivity contribution in [2.45, 2.75) is 114 Å². The van der Waals surface area contributed by atoms with Crippen LogP contribution in [-0.2, 0) is 16.0 Å². The minimum Gasteiger partial charge on any atom is -0.504 e. The number of nitrogens with two attached hydrogens (primary N) is 1. The highest BCUT2D eigenvalue weighted by Crippen LogP contribution is 2.46. The van der Waals surface area contributed by atoms with Crippen LogP contribution in [0.4, 0.5) is 0 Å². The number of guanidine groups is 1. The smallest absolute Gasteiger partial charge is 0.302 e. The van der Waals surface area contributed by atoms with Crippen molar-refractivity contribution in [2.24, 2.45) is 45.7 Å². The number of hydrogen-bond acceptors (Lipinski definition) is 11. The summed E-state index contributed by atoms with van der Waals surface area (Å²) in [4.78, 5) is 22.8. The number of ether oxygens (including phenoxy) is 2. The molecule has 11 heteroatoms. The molecule has 0 amide bonds. The predicted molar refractivity (Wildman–Crippen MR) is 199 cm³/mol. The van der Waals surface area contributed by atoms with Crippen molar-refractivity contribution in [3.05, 3.63) is 23.8 Å². The van der Waals surface area contributed by atoms with Gasteiger partial charge in [0, 0.05) is 70.0 Å². The van der Waals surface area contributed by atoms with Crippen LogP contribution in [0.15, 0.2) is 23.2 Å². The van der Waals surface area contributed by atoms with E-state index in [4.69, 9.17) is 20.2 Å². The van der Waals surface area contributed by atoms with Crippen LogP contribution in [0.5, 0.6) is 11.5 Å². The van der Waals surface area contributed by atoms with Gasteiger partial charge in [-0.25, -0.2) is 4.99 Å². The first-order valence-corrected chi connectivity index (χ1v) is 20.3. The molecule has 9 rings (SSSR count). The summed E-state index contributed by atoms with van der Waals surface area (Å²) >= 11 is 0. The molecule has 7 aliphatic heterocycles. The Labute approximate surface area is 309 Å². The molecular formula is C41H60N6O5. The Morgan fingerprint density at radius 1 is 1.10 bits per heavy atom. The first-order valence-electron chi connectivity index (χ1n) is 20.3. The summed E-state index contributed by atoms with van der Waals surface area (Å²) in [5, 5.41) is 29.9. The number of aliphatic imine (C=N–C) groups is 1. The van der Waals surface area contributed by atoms with Crippen LogP contribution >= 0.6 is 0 Å². The van der Waals surface area contributed by atoms with Crippen LogP contribution in [0.1, 0.15) is 83.1 Å². The first-order chi connectivity index (χ1) is 25.2. The van der Waals surface area contributed by atoms with E-state index in [2.05, 4.69) is 32.3 Å². The van der Waals surface area contributed by atoms with Gasteiger partial charge in [0.1, 0.15) is 12.2 Å². The number of carbonyl (C=O) groups excluding carboxylic acids is 1. The Bertz CT molecular complexity index is 1540. The molecule has 1 spiro atoms. The number of rotatable bonds is 1. The van der Waals surface area contributed by atoms with Crippen molar-refractivity contribution in [3.8, 4) is 23.3 Å². The second-order valence-electron chi connectivity index (χ2n) is 17.4. The maximum atomic E-state index is 12.7. The highest BCUT2D eigenvalue weighted by molar-refractivity contribution is 5.77. The molecule has 10 bridgehead atoms. The topological polar surface area (TPSA) is 145 Å². The lowest BCUT2D eigenvalue weighted by Crippen LogP contribution is -2.61. The van der Waals surface area contributed by atoms with Gasteiger partial charge in [-0.1, -0.05) is 24.3 Å². The zero-order valence-electron chi connectivity index (χ0n) is 31.0. The minimum absolute atomic E-state index is 0.0413. The number of nitrogens with one attached hydrogen (secondary N) is 2. The summed E-state index contributed by atoms with van der Waals surface area (Å²) in [6.45, 7) is 7.90. The van der Waals surface area contributed by atoms with E-state index in [1.54, 1.807) is 6.07 Å². The monoisotopic (exact) mass is 716 g/mol. The lowest BCUT2D eigenvalue weighted by molar-refractivity contribution is -0.152. The highest BCUT2D eigenvalue weighted by atomic mass is 16.5. The van der Waals surface area contributed by atoms with Crippen molar-refractivity contribution >= 4 is 11.9 Å². The van der Waals surface area contributed by atoms with E-state index in [0.717, 1.165) is 83.2 Å². The Kier molecular flexibility index (Phi) is 10.6. The number of piperidine rings is 4. The number of carbonyl (C=O) groups is 1. The molecule has 13 atom stereocenters. The summed E-state index contributed by atoms with van der Waals surface area (Å²) in [5.41, 5.74) is 7.19. The molecule has 284 valence electrons. The molecule has 0 radical (unpaired) electrons. The second-order valence-corrected chi connectivity index (χ2v) is 17.4. The zero-order chi connectivity index (χ0) is 35.8. The minimum atomic E-state index is -0.653. The van der Waals surface area contributed by atoms with E-state index in [1.807, 2.05) is 12.1 Å². The summed E-state index contributed by atoms with van der Waals surface area (Å²) in [7, 11) is 0. The van der Waals surface area contributed by atoms with Crippen molar-refractivity contribution in [1.82, 2.24) is 20.4 Å². The van der Waals surface area contributed by atoms with Crippen molar-refractivity contribution < 1.29 is 24.5 Å². The van der Waals surface area contributed by atoms with E-state index < -0.39 is 17.6 Å². The zero-order valence-corrected chi connectivity index (χ0v) is 31.0. The molecular weight excluding hydrogens is 656 g/mol. The largest absolute Gasteiger partial charge is 0.504 e. The molecule has 4 saturated heterocycles. The molecule has 11 nitrogen and oxygen atoms in total. The third kappa shape index (κ3) is 7.91. The summed E-state index contributed by atoms with van der Waals surface area (Å²) in [5.74, 6) is 10.2. The van der Waals surface area contributed by atoms with Crippen LogP contribution in [0, 0.1) is 46.8 Å². The molecule has 4 fully saturated rings. The van der Waals surface area contributed by atoms with E-state index in [0.29, 0.717) is 74.0 Å². The van der Waals surface area contributed by atoms with Gasteiger partial charge in [-0.05, 0) is 106 Å². The number of aliphatic hydroxyl groups excluding tert-OH is 1. The number of phenols is 1. The van der Waals surface area contributed by atoms with Crippen LogP contribution in [0.3, 0.4) is 0 Å². The molecule has 1 aromatic carbocycles. The average Bonchev–Trinajstić information content (AvgIpc) is 3.13. The van der Waals surface area contributed by atoms with Crippen LogP contribution in [0.25, 0.3) is 0 Å². The quantitative estimate of drug-likeness (QED) is 0.217. The molecule has 6 N–H and O–H groups in total. The molecule has 0 saturated carbocycles. The standard InChI is InChI=1S/C41H60N6O5/c1-26(48)51-38-19-33(49)10-13-41(24-44-40(42)45-25-46-20-28-15-30(22-46)36-7-6-31(41)23-47(36)21-28)12-9-29-3-2-4-32-18-34(11-14-43-32)52-39-17-27(16-35(29)38)5-8-37(39)50/h5,8,17,28-36,38,43,49-50H,2-4,6-7,10-11,13-16,18-25H2,1H3,(H3,42,44,45)/t28-,29-,30+,31-,32+,33-,34-,35+,36-,38-,41-/m0/s1. The van der Waals surface area contributed by atoms with E-state index in [9.17, 15) is 15.0 Å². The first kappa shape index (κ1) is 36.0. The van der Waals surface area contributed by atoms with Gasteiger partial charge in [0.15, 0.2) is 17.5 Å². The maximum absolute atomic E-state index is 12.7. The molecule has 7 heterocycles. The van der Waals surface area contributed by atoms with Gasteiger partial charge in [0.05, 0.1) is 18.2 Å². The number of phenolic OH excluding ortho intramolecular Hbond substituents is 1. The Morgan fingerprint density at radius 3 is 2.88 bits per heavy atom. The lowest BCUT2D eigenvalue weighted by atomic mass is 9.64. The van der Waals surface area contributed by atoms with Crippen LogP contribution in [-0.4, -0.2) is 108 Å². The summed E-state index contributed by atoms with van der Waals surface area (Å²) in [6.07, 6.45) is 9.37. The van der Waals surface area contributed by atoms with Gasteiger partial charge in [-0.2, -0.15) is 0 Å². The van der Waals surface area contributed by atoms with Crippen molar-refractivity contribution in [1.29, 1.82) is 0 Å². The SMILES string of the molecule is CC(=O)O[C@H]1C[C@@H](O)CC[C@@]2(C#C[C@@H]3CCC[C@@H]4C[C@H](CCN4)Oc4cc(ccc4O)C[C@H]31)CNC(N)=NCN1C[C@@H]3C[C@H](C1)[C@@H]1CC[C@H]2CN1C3. The number of benzene rings is 1. The summed E-state index contributed by atoms with van der Waals surface area (Å²) < 4.78 is 12.6. The third-order valence-electron chi connectivity index (χ3n) is 13.8. The van der Waals surface area contributed by atoms with Crippen molar-refractivity contribution in [2.75, 3.05) is 45.9 Å². The molecule has 52 heavy (non-hydrogen) atoms. The Hall–Kier alpha value is -3.04. The normalized spacial score (nSPS) is 42.0. The molecule has 0 aromatic heterocycles. The average molecular weight is 717 g/mol.